The van der Waals surface area contributed by atoms with Crippen molar-refractivity contribution in [2.75, 3.05) is 31.1 Å². The number of fused-ring (bicyclic) bond motifs is 1. The Hall–Kier alpha value is -3.04. The molecular weight excluding hydrogens is 429 g/mol. The van der Waals surface area contributed by atoms with Crippen molar-refractivity contribution in [3.8, 4) is 23.0 Å². The number of nitrogens with one attached hydrogen (secondary N) is 2. The molecule has 1 saturated heterocycles. The molecule has 0 spiro atoms. The minimum Gasteiger partial charge on any atom is -0.354 e. The van der Waals surface area contributed by atoms with Gasteiger partial charge in [-0.2, -0.15) is 0 Å². The zero-order chi connectivity index (χ0) is 21.2. The molecule has 5 rings (SSSR count). The van der Waals surface area contributed by atoms with Gasteiger partial charge in [0.05, 0.1) is 21.2 Å². The average Bonchev–Trinajstić information content (AvgIpc) is 3.22. The largest absolute Gasteiger partial charge is 0.354 e. The van der Waals surface area contributed by atoms with Gasteiger partial charge in [0.25, 0.3) is 0 Å². The lowest BCUT2D eigenvalue weighted by Gasteiger charge is -2.28. The third kappa shape index (κ3) is 4.11. The van der Waals surface area contributed by atoms with Gasteiger partial charge in [0, 0.05) is 55.7 Å². The molecule has 3 aromatic heterocycles. The summed E-state index contributed by atoms with van der Waals surface area (Å²) in [6, 6.07) is 11.6. The fourth-order valence-electron chi connectivity index (χ4n) is 3.68. The molecule has 0 aliphatic carbocycles. The van der Waals surface area contributed by atoms with Crippen LogP contribution in [0.4, 0.5) is 5.82 Å². The molecule has 5 nitrogen and oxygen atoms in total. The second kappa shape index (κ2) is 8.60. The smallest absolute Gasteiger partial charge is 0.138 e. The Kier molecular flexibility index (Phi) is 5.52. The van der Waals surface area contributed by atoms with E-state index in [9.17, 15) is 0 Å². The molecule has 4 aromatic rings. The molecule has 31 heavy (non-hydrogen) atoms. The van der Waals surface area contributed by atoms with E-state index >= 15 is 0 Å². The molecule has 0 bridgehead atoms. The number of aromatic amines is 1. The second-order valence-electron chi connectivity index (χ2n) is 7.31. The molecule has 0 saturated carbocycles. The van der Waals surface area contributed by atoms with Crippen LogP contribution in [0.2, 0.25) is 10.0 Å². The van der Waals surface area contributed by atoms with Gasteiger partial charge < -0.3 is 15.2 Å². The number of anilines is 1. The van der Waals surface area contributed by atoms with E-state index in [0.717, 1.165) is 59.7 Å². The highest BCUT2D eigenvalue weighted by Crippen LogP contribution is 2.27. The van der Waals surface area contributed by atoms with Crippen molar-refractivity contribution in [1.82, 2.24) is 20.3 Å². The first kappa shape index (κ1) is 19.9. The van der Waals surface area contributed by atoms with Crippen molar-refractivity contribution in [2.24, 2.45) is 0 Å². The van der Waals surface area contributed by atoms with Crippen molar-refractivity contribution < 1.29 is 0 Å². The first-order valence-electron chi connectivity index (χ1n) is 10.0. The van der Waals surface area contributed by atoms with E-state index in [0.29, 0.717) is 15.6 Å². The second-order valence-corrected chi connectivity index (χ2v) is 8.12. The normalized spacial score (nSPS) is 13.8. The molecule has 0 unspecified atom stereocenters. The highest BCUT2D eigenvalue weighted by Gasteiger charge is 2.13. The summed E-state index contributed by atoms with van der Waals surface area (Å²) in [6.45, 7) is 3.85. The lowest BCUT2D eigenvalue weighted by Crippen LogP contribution is -2.43. The molecule has 2 N–H and O–H groups in total. The van der Waals surface area contributed by atoms with Crippen LogP contribution in [0.1, 0.15) is 11.1 Å². The van der Waals surface area contributed by atoms with Gasteiger partial charge >= 0.3 is 0 Å². The molecule has 154 valence electrons. The van der Waals surface area contributed by atoms with E-state index in [1.165, 1.54) is 0 Å². The van der Waals surface area contributed by atoms with Gasteiger partial charge in [-0.25, -0.2) is 9.97 Å². The van der Waals surface area contributed by atoms with Gasteiger partial charge in [-0.05, 0) is 35.9 Å². The standard InChI is InChI=1S/C24H19Cl2N5/c25-21-2-1-3-22(26)19(21)5-4-17-14-29-24-20(17)12-18(15-30-24)16-6-7-28-23(13-16)31-10-8-27-9-11-31/h1-3,6-7,12-15,27H,8-11H2,(H,29,30). The van der Waals surface area contributed by atoms with Gasteiger partial charge in [0.1, 0.15) is 11.5 Å². The highest BCUT2D eigenvalue weighted by atomic mass is 35.5. The Bertz CT molecular complexity index is 1290. The Morgan fingerprint density at radius 1 is 0.935 bits per heavy atom. The quantitative estimate of drug-likeness (QED) is 0.435. The Labute approximate surface area is 190 Å². The van der Waals surface area contributed by atoms with E-state index in [2.05, 4.69) is 49.1 Å². The van der Waals surface area contributed by atoms with Crippen molar-refractivity contribution in [3.05, 3.63) is 76.2 Å². The monoisotopic (exact) mass is 447 g/mol. The zero-order valence-electron chi connectivity index (χ0n) is 16.6. The number of pyridine rings is 2. The Morgan fingerprint density at radius 2 is 1.74 bits per heavy atom. The number of piperazine rings is 1. The van der Waals surface area contributed by atoms with Crippen LogP contribution < -0.4 is 10.2 Å². The first-order valence-corrected chi connectivity index (χ1v) is 10.8. The lowest BCUT2D eigenvalue weighted by atomic mass is 10.1. The zero-order valence-corrected chi connectivity index (χ0v) is 18.1. The summed E-state index contributed by atoms with van der Waals surface area (Å²) in [7, 11) is 0. The van der Waals surface area contributed by atoms with Crippen LogP contribution in [-0.2, 0) is 0 Å². The van der Waals surface area contributed by atoms with Crippen molar-refractivity contribution >= 4 is 40.1 Å². The number of hydrogen-bond acceptors (Lipinski definition) is 4. The van der Waals surface area contributed by atoms with Crippen LogP contribution in [0.5, 0.6) is 0 Å². The Balaban J connectivity index is 1.51. The fraction of sp³-hybridized carbons (Fsp3) is 0.167. The number of aromatic nitrogens is 3. The van der Waals surface area contributed by atoms with Crippen LogP contribution in [0.15, 0.2) is 55.0 Å². The van der Waals surface area contributed by atoms with Crippen molar-refractivity contribution in [1.29, 1.82) is 0 Å². The predicted octanol–water partition coefficient (Wildman–Crippen LogP) is 4.74. The molecule has 1 fully saturated rings. The number of halogens is 2. The minimum absolute atomic E-state index is 0.538. The van der Waals surface area contributed by atoms with E-state index < -0.39 is 0 Å². The highest BCUT2D eigenvalue weighted by molar-refractivity contribution is 6.36. The molecule has 7 heteroatoms. The summed E-state index contributed by atoms with van der Waals surface area (Å²) in [4.78, 5) is 14.6. The maximum atomic E-state index is 6.25. The minimum atomic E-state index is 0.538. The number of H-pyrrole nitrogens is 1. The molecule has 0 atom stereocenters. The predicted molar refractivity (Wildman–Crippen MR) is 127 cm³/mol. The topological polar surface area (TPSA) is 56.8 Å². The molecule has 1 aliphatic heterocycles. The maximum Gasteiger partial charge on any atom is 0.138 e. The van der Waals surface area contributed by atoms with E-state index in [1.807, 2.05) is 24.7 Å². The number of hydrogen-bond donors (Lipinski definition) is 2. The molecule has 0 radical (unpaired) electrons. The van der Waals surface area contributed by atoms with Crippen molar-refractivity contribution in [3.63, 3.8) is 0 Å². The average molecular weight is 448 g/mol. The van der Waals surface area contributed by atoms with Crippen LogP contribution in [0, 0.1) is 11.8 Å². The number of nitrogens with zero attached hydrogens (tertiary/aromatic N) is 3. The van der Waals surface area contributed by atoms with Gasteiger partial charge in [0.15, 0.2) is 0 Å². The number of benzene rings is 1. The van der Waals surface area contributed by atoms with Crippen LogP contribution in [0.3, 0.4) is 0 Å². The molecular formula is C24H19Cl2N5. The van der Waals surface area contributed by atoms with Crippen LogP contribution in [-0.4, -0.2) is 41.1 Å². The van der Waals surface area contributed by atoms with E-state index in [4.69, 9.17) is 23.2 Å². The third-order valence-corrected chi connectivity index (χ3v) is 5.97. The summed E-state index contributed by atoms with van der Waals surface area (Å²) in [5.74, 6) is 7.28. The van der Waals surface area contributed by atoms with E-state index in [1.54, 1.807) is 18.2 Å². The first-order chi connectivity index (χ1) is 15.2. The number of rotatable bonds is 2. The molecule has 4 heterocycles. The molecule has 0 amide bonds. The van der Waals surface area contributed by atoms with E-state index in [-0.39, 0.29) is 0 Å². The summed E-state index contributed by atoms with van der Waals surface area (Å²) in [5.41, 5.74) is 4.35. The molecule has 1 aromatic carbocycles. The van der Waals surface area contributed by atoms with Crippen LogP contribution >= 0.6 is 23.2 Å². The van der Waals surface area contributed by atoms with Gasteiger partial charge in [0.2, 0.25) is 0 Å². The van der Waals surface area contributed by atoms with Gasteiger partial charge in [-0.15, -0.1) is 0 Å². The SMILES string of the molecule is Clc1cccc(Cl)c1C#Cc1c[nH]c2ncc(-c3ccnc(N4CCNCC4)c3)cc12. The van der Waals surface area contributed by atoms with Gasteiger partial charge in [-0.3, -0.25) is 0 Å². The van der Waals surface area contributed by atoms with Crippen LogP contribution in [0.25, 0.3) is 22.2 Å². The summed E-state index contributed by atoms with van der Waals surface area (Å²) < 4.78 is 0. The maximum absolute atomic E-state index is 6.25. The molecule has 1 aliphatic rings. The summed E-state index contributed by atoms with van der Waals surface area (Å²) in [6.07, 6.45) is 5.59. The van der Waals surface area contributed by atoms with Gasteiger partial charge in [-0.1, -0.05) is 41.1 Å². The Morgan fingerprint density at radius 3 is 2.55 bits per heavy atom. The summed E-state index contributed by atoms with van der Waals surface area (Å²) >= 11 is 12.5. The lowest BCUT2D eigenvalue weighted by molar-refractivity contribution is 0.585. The summed E-state index contributed by atoms with van der Waals surface area (Å²) in [5, 5.41) is 5.40. The third-order valence-electron chi connectivity index (χ3n) is 5.34. The fourth-order valence-corrected chi connectivity index (χ4v) is 4.17. The van der Waals surface area contributed by atoms with Crippen molar-refractivity contribution in [2.45, 2.75) is 0 Å².